The van der Waals surface area contributed by atoms with E-state index in [2.05, 4.69) is 10.4 Å². The van der Waals surface area contributed by atoms with Crippen LogP contribution in [-0.2, 0) is 0 Å². The summed E-state index contributed by atoms with van der Waals surface area (Å²) in [5, 5.41) is 16.6. The fraction of sp³-hybridized carbons (Fsp3) is 0.412. The van der Waals surface area contributed by atoms with Gasteiger partial charge in [0.15, 0.2) is 5.69 Å². The smallest absolute Gasteiger partial charge is 0.272 e. The van der Waals surface area contributed by atoms with E-state index in [0.717, 1.165) is 0 Å². The number of hydrogen-bond acceptors (Lipinski definition) is 3. The van der Waals surface area contributed by atoms with Gasteiger partial charge in [-0.1, -0.05) is 20.8 Å². The normalized spacial score (nSPS) is 13.0. The lowest BCUT2D eigenvalue weighted by molar-refractivity contribution is 0.0842. The Balaban J connectivity index is 2.24. The lowest BCUT2D eigenvalue weighted by atomic mass is 9.87. The Kier molecular flexibility index (Phi) is 4.85. The van der Waals surface area contributed by atoms with Gasteiger partial charge >= 0.3 is 0 Å². The van der Waals surface area contributed by atoms with Gasteiger partial charge in [0, 0.05) is 11.8 Å². The third-order valence-corrected chi connectivity index (χ3v) is 3.74. The average Bonchev–Trinajstić information content (AvgIpc) is 2.86. The van der Waals surface area contributed by atoms with Gasteiger partial charge in [0.05, 0.1) is 18.3 Å². The topological polar surface area (TPSA) is 67.2 Å². The monoisotopic (exact) mass is 319 g/mol. The minimum atomic E-state index is -0.370. The molecule has 1 aromatic heterocycles. The van der Waals surface area contributed by atoms with Gasteiger partial charge in [-0.15, -0.1) is 0 Å². The minimum Gasteiger partial charge on any atom is -0.394 e. The lowest BCUT2D eigenvalue weighted by Gasteiger charge is -2.29. The Morgan fingerprint density at radius 1 is 1.35 bits per heavy atom. The summed E-state index contributed by atoms with van der Waals surface area (Å²) in [5.41, 5.74) is 1.40. The molecule has 0 saturated carbocycles. The number of amides is 1. The molecule has 0 aliphatic rings. The summed E-state index contributed by atoms with van der Waals surface area (Å²) in [4.78, 5) is 12.4. The van der Waals surface area contributed by atoms with Crippen molar-refractivity contribution in [2.24, 2.45) is 5.41 Å². The predicted octanol–water partition coefficient (Wildman–Crippen LogP) is 2.46. The number of nitrogens with zero attached hydrogens (tertiary/aromatic N) is 2. The van der Waals surface area contributed by atoms with Crippen molar-refractivity contribution < 1.29 is 14.3 Å². The molecular formula is C17H22FN3O2. The van der Waals surface area contributed by atoms with Crippen LogP contribution in [0.1, 0.15) is 36.8 Å². The maximum Gasteiger partial charge on any atom is 0.272 e. The maximum absolute atomic E-state index is 13.0. The first-order chi connectivity index (χ1) is 10.7. The molecule has 2 rings (SSSR count). The number of aliphatic hydroxyl groups is 1. The highest BCUT2D eigenvalue weighted by atomic mass is 19.1. The average molecular weight is 319 g/mol. The minimum absolute atomic E-state index is 0.146. The van der Waals surface area contributed by atoms with Gasteiger partial charge in [-0.05, 0) is 36.6 Å². The second-order valence-corrected chi connectivity index (χ2v) is 6.66. The number of carbonyl (C=O) groups excluding carboxylic acids is 1. The van der Waals surface area contributed by atoms with E-state index in [9.17, 15) is 14.3 Å². The maximum atomic E-state index is 13.0. The van der Waals surface area contributed by atoms with Crippen molar-refractivity contribution in [1.29, 1.82) is 0 Å². The van der Waals surface area contributed by atoms with E-state index in [1.807, 2.05) is 20.8 Å². The van der Waals surface area contributed by atoms with Crippen LogP contribution < -0.4 is 5.32 Å². The van der Waals surface area contributed by atoms with E-state index < -0.39 is 0 Å². The fourth-order valence-corrected chi connectivity index (χ4v) is 2.17. The van der Waals surface area contributed by atoms with E-state index in [0.29, 0.717) is 11.3 Å². The highest BCUT2D eigenvalue weighted by Crippen LogP contribution is 2.20. The van der Waals surface area contributed by atoms with Crippen LogP contribution in [0.5, 0.6) is 0 Å². The Labute approximate surface area is 135 Å². The SMILES string of the molecule is Cc1cn(-c2ccc(F)cc2)nc1C(=O)NC(CO)C(C)(C)C. The van der Waals surface area contributed by atoms with Gasteiger partial charge < -0.3 is 10.4 Å². The molecule has 1 aromatic carbocycles. The van der Waals surface area contributed by atoms with Gasteiger partial charge in [0.1, 0.15) is 5.82 Å². The highest BCUT2D eigenvalue weighted by Gasteiger charge is 2.27. The van der Waals surface area contributed by atoms with Crippen LogP contribution in [0.25, 0.3) is 5.69 Å². The number of aliphatic hydroxyl groups excluding tert-OH is 1. The Morgan fingerprint density at radius 2 is 1.96 bits per heavy atom. The van der Waals surface area contributed by atoms with Crippen molar-refractivity contribution in [3.63, 3.8) is 0 Å². The van der Waals surface area contributed by atoms with Crippen molar-refractivity contribution in [3.8, 4) is 5.69 Å². The first-order valence-corrected chi connectivity index (χ1v) is 7.46. The number of aromatic nitrogens is 2. The van der Waals surface area contributed by atoms with Crippen molar-refractivity contribution in [1.82, 2.24) is 15.1 Å². The van der Waals surface area contributed by atoms with Crippen molar-refractivity contribution >= 4 is 5.91 Å². The number of aryl methyl sites for hydroxylation is 1. The molecule has 5 nitrogen and oxygen atoms in total. The van der Waals surface area contributed by atoms with Gasteiger partial charge in [-0.3, -0.25) is 4.79 Å². The molecule has 2 N–H and O–H groups in total. The largest absolute Gasteiger partial charge is 0.394 e. The molecule has 23 heavy (non-hydrogen) atoms. The molecule has 1 unspecified atom stereocenters. The molecule has 0 bridgehead atoms. The number of hydrogen-bond donors (Lipinski definition) is 2. The van der Waals surface area contributed by atoms with Crippen LogP contribution >= 0.6 is 0 Å². The zero-order valence-electron chi connectivity index (χ0n) is 13.8. The van der Waals surface area contributed by atoms with E-state index >= 15 is 0 Å². The van der Waals surface area contributed by atoms with Crippen LogP contribution in [-0.4, -0.2) is 33.4 Å². The number of nitrogens with one attached hydrogen (secondary N) is 1. The molecule has 6 heteroatoms. The van der Waals surface area contributed by atoms with Crippen LogP contribution in [0.2, 0.25) is 0 Å². The molecule has 0 radical (unpaired) electrons. The quantitative estimate of drug-likeness (QED) is 0.909. The molecule has 1 heterocycles. The first-order valence-electron chi connectivity index (χ1n) is 7.46. The van der Waals surface area contributed by atoms with E-state index in [-0.39, 0.29) is 35.5 Å². The van der Waals surface area contributed by atoms with Crippen LogP contribution in [0.4, 0.5) is 4.39 Å². The molecule has 0 saturated heterocycles. The number of halogens is 1. The third kappa shape index (κ3) is 3.96. The highest BCUT2D eigenvalue weighted by molar-refractivity contribution is 5.93. The number of carbonyl (C=O) groups is 1. The Morgan fingerprint density at radius 3 is 2.48 bits per heavy atom. The zero-order chi connectivity index (χ0) is 17.2. The summed E-state index contributed by atoms with van der Waals surface area (Å²) in [7, 11) is 0. The summed E-state index contributed by atoms with van der Waals surface area (Å²) in [6, 6.07) is 5.50. The Hall–Kier alpha value is -2.21. The van der Waals surface area contributed by atoms with Crippen molar-refractivity contribution in [2.45, 2.75) is 33.7 Å². The molecule has 1 atom stereocenters. The van der Waals surface area contributed by atoms with Crippen LogP contribution in [0, 0.1) is 18.2 Å². The molecule has 0 fully saturated rings. The van der Waals surface area contributed by atoms with Gasteiger partial charge in [0.25, 0.3) is 5.91 Å². The number of rotatable bonds is 4. The first kappa shape index (κ1) is 17.1. The van der Waals surface area contributed by atoms with Gasteiger partial charge in [0.2, 0.25) is 0 Å². The van der Waals surface area contributed by atoms with Crippen molar-refractivity contribution in [2.75, 3.05) is 6.61 Å². The number of benzene rings is 1. The Bertz CT molecular complexity index is 687. The van der Waals surface area contributed by atoms with Crippen LogP contribution in [0.3, 0.4) is 0 Å². The summed E-state index contributed by atoms with van der Waals surface area (Å²) in [6.07, 6.45) is 1.72. The predicted molar refractivity (Wildman–Crippen MR) is 86.1 cm³/mol. The summed E-state index contributed by atoms with van der Waals surface area (Å²) < 4.78 is 14.5. The molecule has 0 aliphatic heterocycles. The molecule has 0 aliphatic carbocycles. The van der Waals surface area contributed by atoms with Crippen LogP contribution in [0.15, 0.2) is 30.5 Å². The fourth-order valence-electron chi connectivity index (χ4n) is 2.17. The van der Waals surface area contributed by atoms with Gasteiger partial charge in [-0.2, -0.15) is 5.10 Å². The van der Waals surface area contributed by atoms with E-state index in [1.54, 1.807) is 25.3 Å². The lowest BCUT2D eigenvalue weighted by Crippen LogP contribution is -2.46. The molecule has 2 aromatic rings. The summed E-state index contributed by atoms with van der Waals surface area (Å²) >= 11 is 0. The molecule has 0 spiro atoms. The second kappa shape index (κ2) is 6.50. The third-order valence-electron chi connectivity index (χ3n) is 3.74. The van der Waals surface area contributed by atoms with Gasteiger partial charge in [-0.25, -0.2) is 9.07 Å². The van der Waals surface area contributed by atoms with E-state index in [4.69, 9.17) is 0 Å². The zero-order valence-corrected chi connectivity index (χ0v) is 13.8. The molecular weight excluding hydrogens is 297 g/mol. The molecule has 124 valence electrons. The summed E-state index contributed by atoms with van der Waals surface area (Å²) in [5.74, 6) is -0.663. The molecule has 1 amide bonds. The second-order valence-electron chi connectivity index (χ2n) is 6.66. The van der Waals surface area contributed by atoms with Crippen molar-refractivity contribution in [3.05, 3.63) is 47.5 Å². The van der Waals surface area contributed by atoms with E-state index in [1.165, 1.54) is 16.8 Å². The summed E-state index contributed by atoms with van der Waals surface area (Å²) in [6.45, 7) is 7.47. The standard InChI is InChI=1S/C17H22FN3O2/c1-11-9-21(13-7-5-12(18)6-8-13)20-15(11)16(23)19-14(10-22)17(2,3)4/h5-9,14,22H,10H2,1-4H3,(H,19,23).